The van der Waals surface area contributed by atoms with Gasteiger partial charge in [-0.2, -0.15) is 13.2 Å². The first-order valence-corrected chi connectivity index (χ1v) is 20.6. The number of benzene rings is 2. The molecule has 4 fully saturated rings. The van der Waals surface area contributed by atoms with Gasteiger partial charge < -0.3 is 40.7 Å². The molecular formula is C42H50F5N7O8. The lowest BCUT2D eigenvalue weighted by Gasteiger charge is -2.41. The number of nitrogens with one attached hydrogen (secondary N) is 4. The topological polar surface area (TPSA) is 187 Å². The molecule has 336 valence electrons. The maximum absolute atomic E-state index is 14.9. The van der Waals surface area contributed by atoms with Crippen molar-refractivity contribution in [3.05, 3.63) is 65.2 Å². The molecule has 0 aromatic heterocycles. The third kappa shape index (κ3) is 10.3. The fourth-order valence-electron chi connectivity index (χ4n) is 8.65. The fourth-order valence-corrected chi connectivity index (χ4v) is 8.65. The second-order valence-corrected chi connectivity index (χ2v) is 17.0. The van der Waals surface area contributed by atoms with Gasteiger partial charge in [0.25, 0.3) is 0 Å². The minimum absolute atomic E-state index is 0.0373. The van der Waals surface area contributed by atoms with Crippen molar-refractivity contribution in [2.24, 2.45) is 5.92 Å². The number of carbonyl (C=O) groups excluding carboxylic acids is 7. The zero-order chi connectivity index (χ0) is 45.3. The summed E-state index contributed by atoms with van der Waals surface area (Å²) in [4.78, 5) is 103. The van der Waals surface area contributed by atoms with E-state index in [-0.39, 0.29) is 49.6 Å². The quantitative estimate of drug-likeness (QED) is 0.250. The lowest BCUT2D eigenvalue weighted by atomic mass is 9.94. The van der Waals surface area contributed by atoms with E-state index in [0.717, 1.165) is 36.4 Å². The van der Waals surface area contributed by atoms with Crippen molar-refractivity contribution in [2.45, 2.75) is 121 Å². The highest BCUT2D eigenvalue weighted by Crippen LogP contribution is 2.32. The third-order valence-electron chi connectivity index (χ3n) is 11.8. The van der Waals surface area contributed by atoms with Crippen molar-refractivity contribution in [2.75, 3.05) is 25.0 Å². The Kier molecular flexibility index (Phi) is 13.5. The zero-order valence-corrected chi connectivity index (χ0v) is 34.7. The maximum atomic E-state index is 14.9. The average Bonchev–Trinajstić information content (AvgIpc) is 3.85. The third-order valence-corrected chi connectivity index (χ3v) is 11.8. The molecule has 0 spiro atoms. The minimum atomic E-state index is -4.66. The average molecular weight is 876 g/mol. The van der Waals surface area contributed by atoms with Crippen LogP contribution in [-0.4, -0.2) is 118 Å². The number of alkyl halides is 3. The Balaban J connectivity index is 1.35. The van der Waals surface area contributed by atoms with Gasteiger partial charge in [0.1, 0.15) is 53.5 Å². The summed E-state index contributed by atoms with van der Waals surface area (Å²) >= 11 is 0. The van der Waals surface area contributed by atoms with E-state index in [1.807, 2.05) is 6.92 Å². The summed E-state index contributed by atoms with van der Waals surface area (Å²) in [5.74, 6) is -6.71. The van der Waals surface area contributed by atoms with Gasteiger partial charge in [-0.25, -0.2) is 18.4 Å². The molecule has 4 aliphatic rings. The molecule has 7 amide bonds. The minimum Gasteiger partial charge on any atom is -0.455 e. The van der Waals surface area contributed by atoms with Crippen molar-refractivity contribution in [3.8, 4) is 0 Å². The molecular weight excluding hydrogens is 825 g/mol. The van der Waals surface area contributed by atoms with Crippen LogP contribution in [0.3, 0.4) is 0 Å². The standard InChI is InChI=1S/C42H50F5N7O8/c1-22-16-32-39(60)62-41(3,4)33(38(59)53-15-7-9-31(53)37(58)52-14-6-5-8-30(52)35(56)48-23(2)36(57)54(32)21-22)51-34(55)29(19-24-17-26(43)20-27(44)18-24)50-40(61)49-28-12-10-25(11-13-28)42(45,46)47/h10-13,17-18,20,22-23,29-33H,5-9,14-16,19,21H2,1-4H3,(H,48,56)(H,51,55)(H2,49,50,61)/t22-,23+,29+,30+,31+,32+,33-/m1/s1. The predicted octanol–water partition coefficient (Wildman–Crippen LogP) is 3.65. The highest BCUT2D eigenvalue weighted by Gasteiger charge is 2.50. The van der Waals surface area contributed by atoms with Crippen LogP contribution in [0.5, 0.6) is 0 Å². The van der Waals surface area contributed by atoms with Gasteiger partial charge in [0.05, 0.1) is 5.56 Å². The normalized spacial score (nSPS) is 26.5. The van der Waals surface area contributed by atoms with Gasteiger partial charge in [0.2, 0.25) is 29.5 Å². The number of nitrogens with zero attached hydrogens (tertiary/aromatic N) is 3. The molecule has 2 aromatic carbocycles. The molecule has 6 rings (SSSR count). The van der Waals surface area contributed by atoms with E-state index in [1.165, 1.54) is 35.5 Å². The summed E-state index contributed by atoms with van der Waals surface area (Å²) < 4.78 is 74.3. The van der Waals surface area contributed by atoms with Gasteiger partial charge in [0, 0.05) is 37.8 Å². The van der Waals surface area contributed by atoms with E-state index in [0.29, 0.717) is 31.7 Å². The molecule has 2 aromatic rings. The Bertz CT molecular complexity index is 2070. The largest absolute Gasteiger partial charge is 0.455 e. The highest BCUT2D eigenvalue weighted by molar-refractivity contribution is 5.99. The Morgan fingerprint density at radius 3 is 2.13 bits per heavy atom. The van der Waals surface area contributed by atoms with Crippen molar-refractivity contribution in [1.82, 2.24) is 30.7 Å². The second kappa shape index (κ2) is 18.3. The van der Waals surface area contributed by atoms with E-state index >= 15 is 0 Å². The molecule has 0 radical (unpaired) electrons. The zero-order valence-electron chi connectivity index (χ0n) is 34.7. The lowest BCUT2D eigenvalue weighted by Crippen LogP contribution is -2.65. The van der Waals surface area contributed by atoms with Crippen LogP contribution in [0.1, 0.15) is 77.3 Å². The van der Waals surface area contributed by atoms with Gasteiger partial charge in [-0.05, 0) is 107 Å². The van der Waals surface area contributed by atoms with E-state index < -0.39 is 113 Å². The Hall–Kier alpha value is -5.82. The van der Waals surface area contributed by atoms with Crippen LogP contribution in [0.2, 0.25) is 0 Å². The van der Waals surface area contributed by atoms with Crippen molar-refractivity contribution in [3.63, 3.8) is 0 Å². The van der Waals surface area contributed by atoms with Crippen LogP contribution in [0, 0.1) is 17.6 Å². The van der Waals surface area contributed by atoms with Crippen LogP contribution < -0.4 is 21.3 Å². The van der Waals surface area contributed by atoms with Gasteiger partial charge in [-0.3, -0.25) is 24.0 Å². The molecule has 4 heterocycles. The number of carbonyl (C=O) groups is 7. The number of rotatable bonds is 6. The molecule has 4 saturated heterocycles. The molecule has 62 heavy (non-hydrogen) atoms. The first kappa shape index (κ1) is 45.7. The van der Waals surface area contributed by atoms with Gasteiger partial charge in [-0.1, -0.05) is 6.92 Å². The highest BCUT2D eigenvalue weighted by atomic mass is 19.4. The number of hydrogen-bond acceptors (Lipinski definition) is 8. The number of amides is 7. The molecule has 0 bridgehead atoms. The summed E-state index contributed by atoms with van der Waals surface area (Å²) in [7, 11) is 0. The lowest BCUT2D eigenvalue weighted by molar-refractivity contribution is -0.172. The number of fused-ring (bicyclic) bond motifs is 3. The molecule has 0 saturated carbocycles. The first-order chi connectivity index (χ1) is 29.1. The second-order valence-electron chi connectivity index (χ2n) is 17.0. The molecule has 15 nitrogen and oxygen atoms in total. The number of cyclic esters (lactones) is 1. The monoisotopic (exact) mass is 875 g/mol. The maximum Gasteiger partial charge on any atom is 0.416 e. The van der Waals surface area contributed by atoms with Gasteiger partial charge in [0.15, 0.2) is 0 Å². The number of hydrogen-bond donors (Lipinski definition) is 4. The van der Waals surface area contributed by atoms with E-state index in [9.17, 15) is 55.5 Å². The molecule has 7 atom stereocenters. The smallest absolute Gasteiger partial charge is 0.416 e. The summed E-state index contributed by atoms with van der Waals surface area (Å²) in [5.41, 5.74) is -3.13. The number of halogens is 5. The Labute approximate surface area is 354 Å². The summed E-state index contributed by atoms with van der Waals surface area (Å²) in [6.45, 7) is 6.39. The number of esters is 1. The molecule has 0 aliphatic carbocycles. The SMILES string of the molecule is C[C@@H]1C[C@H]2C(=O)OC(C)(C)[C@H](NC(=O)[C@H](Cc3cc(F)cc(F)c3)NC(=O)Nc3ccc(C(F)(F)F)cc3)C(=O)N3CCC[C@H]3C(=O)N3CCCC[C@H]3C(=O)N[C@@H](C)C(=O)N2C1. The number of anilines is 1. The van der Waals surface area contributed by atoms with Crippen LogP contribution in [-0.2, 0) is 46.1 Å². The summed E-state index contributed by atoms with van der Waals surface area (Å²) in [6, 6.07) is -3.09. The van der Waals surface area contributed by atoms with Crippen LogP contribution >= 0.6 is 0 Å². The summed E-state index contributed by atoms with van der Waals surface area (Å²) in [6.07, 6.45) is -3.00. The van der Waals surface area contributed by atoms with Crippen LogP contribution in [0.4, 0.5) is 32.4 Å². The Morgan fingerprint density at radius 2 is 1.47 bits per heavy atom. The summed E-state index contributed by atoms with van der Waals surface area (Å²) in [5, 5.41) is 9.98. The van der Waals surface area contributed by atoms with Crippen molar-refractivity contribution >= 4 is 47.2 Å². The first-order valence-electron chi connectivity index (χ1n) is 20.6. The number of ether oxygens (including phenoxy) is 1. The Morgan fingerprint density at radius 1 is 0.839 bits per heavy atom. The number of piperidine rings is 1. The molecule has 20 heteroatoms. The molecule has 0 unspecified atom stereocenters. The molecule has 4 N–H and O–H groups in total. The molecule has 4 aliphatic heterocycles. The predicted molar refractivity (Wildman–Crippen MR) is 211 cm³/mol. The fraction of sp³-hybridized carbons (Fsp3) is 0.548. The van der Waals surface area contributed by atoms with Gasteiger partial charge >= 0.3 is 18.2 Å². The van der Waals surface area contributed by atoms with E-state index in [1.54, 1.807) is 0 Å². The van der Waals surface area contributed by atoms with Gasteiger partial charge in [-0.15, -0.1) is 0 Å². The van der Waals surface area contributed by atoms with Crippen LogP contribution in [0.15, 0.2) is 42.5 Å². The van der Waals surface area contributed by atoms with E-state index in [4.69, 9.17) is 4.74 Å². The van der Waals surface area contributed by atoms with E-state index in [2.05, 4.69) is 21.3 Å². The number of urea groups is 1. The van der Waals surface area contributed by atoms with Crippen molar-refractivity contribution in [1.29, 1.82) is 0 Å². The van der Waals surface area contributed by atoms with Crippen molar-refractivity contribution < 1.29 is 60.3 Å². The van der Waals surface area contributed by atoms with Crippen LogP contribution in [0.25, 0.3) is 0 Å².